The SMILES string of the molecule is O=C(O)c1ccc(Nc2ccc(I)cc2Cl)nn1. The van der Waals surface area contributed by atoms with Crippen LogP contribution < -0.4 is 5.32 Å². The molecule has 0 aliphatic carbocycles. The first kappa shape index (κ1) is 13.0. The molecule has 0 saturated heterocycles. The average molecular weight is 376 g/mol. The van der Waals surface area contributed by atoms with E-state index in [0.717, 1.165) is 3.57 Å². The Kier molecular flexibility index (Phi) is 3.97. The number of carboxylic acids is 1. The number of carbonyl (C=O) groups is 1. The number of aromatic nitrogens is 2. The summed E-state index contributed by atoms with van der Waals surface area (Å²) in [4.78, 5) is 10.6. The van der Waals surface area contributed by atoms with Crippen LogP contribution in [-0.4, -0.2) is 21.3 Å². The monoisotopic (exact) mass is 375 g/mol. The maximum absolute atomic E-state index is 10.6. The molecule has 0 unspecified atom stereocenters. The van der Waals surface area contributed by atoms with Crippen molar-refractivity contribution in [3.63, 3.8) is 0 Å². The summed E-state index contributed by atoms with van der Waals surface area (Å²) < 4.78 is 1.02. The molecule has 2 aromatic rings. The van der Waals surface area contributed by atoms with Crippen molar-refractivity contribution >= 4 is 51.7 Å². The van der Waals surface area contributed by atoms with E-state index in [2.05, 4.69) is 38.1 Å². The largest absolute Gasteiger partial charge is 0.476 e. The molecule has 0 spiro atoms. The van der Waals surface area contributed by atoms with Gasteiger partial charge in [-0.05, 0) is 52.9 Å². The highest BCUT2D eigenvalue weighted by atomic mass is 127. The Hall–Kier alpha value is -1.41. The third kappa shape index (κ3) is 3.08. The number of hydrogen-bond donors (Lipinski definition) is 2. The Labute approximate surface area is 121 Å². The zero-order chi connectivity index (χ0) is 13.1. The van der Waals surface area contributed by atoms with Crippen molar-refractivity contribution in [3.8, 4) is 0 Å². The number of nitrogens with zero attached hydrogens (tertiary/aromatic N) is 2. The molecular weight excluding hydrogens is 368 g/mol. The lowest BCUT2D eigenvalue weighted by Crippen LogP contribution is -2.03. The summed E-state index contributed by atoms with van der Waals surface area (Å²) in [6.07, 6.45) is 0. The second kappa shape index (κ2) is 5.49. The Morgan fingerprint density at radius 3 is 2.61 bits per heavy atom. The quantitative estimate of drug-likeness (QED) is 0.806. The summed E-state index contributed by atoms with van der Waals surface area (Å²) in [6.45, 7) is 0. The van der Waals surface area contributed by atoms with Crippen LogP contribution in [0.25, 0.3) is 0 Å². The predicted octanol–water partition coefficient (Wildman–Crippen LogP) is 3.18. The summed E-state index contributed by atoms with van der Waals surface area (Å²) in [5.41, 5.74) is 0.587. The summed E-state index contributed by atoms with van der Waals surface area (Å²) >= 11 is 8.21. The van der Waals surface area contributed by atoms with E-state index in [9.17, 15) is 4.79 Å². The standard InChI is InChI=1S/C11H7ClIN3O2/c12-7-5-6(13)1-2-8(7)14-10-4-3-9(11(17)18)15-16-10/h1-5H,(H,14,16)(H,17,18). The van der Waals surface area contributed by atoms with Crippen LogP contribution in [0.2, 0.25) is 5.02 Å². The van der Waals surface area contributed by atoms with E-state index in [1.54, 1.807) is 0 Å². The van der Waals surface area contributed by atoms with Crippen molar-refractivity contribution in [2.75, 3.05) is 5.32 Å². The molecule has 1 aromatic carbocycles. The average Bonchev–Trinajstić information content (AvgIpc) is 2.33. The van der Waals surface area contributed by atoms with Crippen LogP contribution in [0.15, 0.2) is 30.3 Å². The van der Waals surface area contributed by atoms with Crippen molar-refractivity contribution in [3.05, 3.63) is 44.6 Å². The minimum absolute atomic E-state index is 0.103. The van der Waals surface area contributed by atoms with E-state index in [-0.39, 0.29) is 5.69 Å². The number of aromatic carboxylic acids is 1. The summed E-state index contributed by atoms with van der Waals surface area (Å²) in [7, 11) is 0. The molecular formula is C11H7ClIN3O2. The molecule has 1 heterocycles. The lowest BCUT2D eigenvalue weighted by molar-refractivity contribution is 0.0689. The molecule has 1 aromatic heterocycles. The Morgan fingerprint density at radius 2 is 2.06 bits per heavy atom. The molecule has 92 valence electrons. The fourth-order valence-electron chi connectivity index (χ4n) is 1.24. The van der Waals surface area contributed by atoms with Crippen molar-refractivity contribution in [2.24, 2.45) is 0 Å². The highest BCUT2D eigenvalue weighted by molar-refractivity contribution is 14.1. The van der Waals surface area contributed by atoms with E-state index in [1.807, 2.05) is 18.2 Å². The van der Waals surface area contributed by atoms with Gasteiger partial charge in [0.1, 0.15) is 0 Å². The zero-order valence-electron chi connectivity index (χ0n) is 8.89. The van der Waals surface area contributed by atoms with E-state index in [1.165, 1.54) is 12.1 Å². The maximum atomic E-state index is 10.6. The lowest BCUT2D eigenvalue weighted by atomic mass is 10.3. The van der Waals surface area contributed by atoms with Gasteiger partial charge in [-0.2, -0.15) is 0 Å². The fraction of sp³-hybridized carbons (Fsp3) is 0. The van der Waals surface area contributed by atoms with Gasteiger partial charge in [0.05, 0.1) is 10.7 Å². The van der Waals surface area contributed by atoms with Crippen LogP contribution in [0.3, 0.4) is 0 Å². The van der Waals surface area contributed by atoms with E-state index in [0.29, 0.717) is 16.5 Å². The van der Waals surface area contributed by atoms with Crippen molar-refractivity contribution in [1.82, 2.24) is 10.2 Å². The van der Waals surface area contributed by atoms with Gasteiger partial charge in [0.15, 0.2) is 11.5 Å². The fourth-order valence-corrected chi connectivity index (χ4v) is 2.14. The van der Waals surface area contributed by atoms with Crippen LogP contribution in [0, 0.1) is 3.57 Å². The second-order valence-corrected chi connectivity index (χ2v) is 5.01. The van der Waals surface area contributed by atoms with Crippen LogP contribution in [0.5, 0.6) is 0 Å². The number of benzene rings is 1. The number of hydrogen-bond acceptors (Lipinski definition) is 4. The third-order valence-electron chi connectivity index (χ3n) is 2.08. The van der Waals surface area contributed by atoms with E-state index >= 15 is 0 Å². The van der Waals surface area contributed by atoms with Gasteiger partial charge in [-0.15, -0.1) is 10.2 Å². The van der Waals surface area contributed by atoms with Crippen LogP contribution >= 0.6 is 34.2 Å². The maximum Gasteiger partial charge on any atom is 0.356 e. The highest BCUT2D eigenvalue weighted by Crippen LogP contribution is 2.26. The van der Waals surface area contributed by atoms with Gasteiger partial charge in [0.2, 0.25) is 0 Å². The third-order valence-corrected chi connectivity index (χ3v) is 3.06. The molecule has 0 aliphatic heterocycles. The Bertz CT molecular complexity index is 589. The predicted molar refractivity (Wildman–Crippen MR) is 76.4 cm³/mol. The first-order valence-corrected chi connectivity index (χ1v) is 6.31. The normalized spacial score (nSPS) is 10.1. The molecule has 0 radical (unpaired) electrons. The number of rotatable bonds is 3. The molecule has 2 rings (SSSR count). The minimum atomic E-state index is -1.11. The first-order valence-electron chi connectivity index (χ1n) is 4.85. The first-order chi connectivity index (χ1) is 8.56. The van der Waals surface area contributed by atoms with Gasteiger partial charge in [-0.1, -0.05) is 11.6 Å². The van der Waals surface area contributed by atoms with Crippen LogP contribution in [0.1, 0.15) is 10.5 Å². The number of halogens is 2. The second-order valence-electron chi connectivity index (χ2n) is 3.36. The van der Waals surface area contributed by atoms with Gasteiger partial charge in [0, 0.05) is 3.57 Å². The topological polar surface area (TPSA) is 75.1 Å². The lowest BCUT2D eigenvalue weighted by Gasteiger charge is -2.07. The summed E-state index contributed by atoms with van der Waals surface area (Å²) in [6, 6.07) is 8.43. The summed E-state index contributed by atoms with van der Waals surface area (Å²) in [5.74, 6) is -0.676. The van der Waals surface area contributed by atoms with Crippen LogP contribution in [0.4, 0.5) is 11.5 Å². The van der Waals surface area contributed by atoms with Gasteiger partial charge < -0.3 is 10.4 Å². The Morgan fingerprint density at radius 1 is 1.28 bits per heavy atom. The van der Waals surface area contributed by atoms with Gasteiger partial charge >= 0.3 is 5.97 Å². The smallest absolute Gasteiger partial charge is 0.356 e. The molecule has 2 N–H and O–H groups in total. The van der Waals surface area contributed by atoms with Crippen molar-refractivity contribution in [2.45, 2.75) is 0 Å². The molecule has 0 amide bonds. The van der Waals surface area contributed by atoms with Crippen molar-refractivity contribution < 1.29 is 9.90 Å². The molecule has 0 aliphatic rings. The molecule has 18 heavy (non-hydrogen) atoms. The molecule has 0 bridgehead atoms. The summed E-state index contributed by atoms with van der Waals surface area (Å²) in [5, 5.41) is 19.5. The number of anilines is 2. The number of nitrogens with one attached hydrogen (secondary N) is 1. The highest BCUT2D eigenvalue weighted by Gasteiger charge is 2.06. The number of carboxylic acid groups (broad SMARTS) is 1. The molecule has 0 fully saturated rings. The molecule has 0 saturated carbocycles. The van der Waals surface area contributed by atoms with E-state index in [4.69, 9.17) is 16.7 Å². The van der Waals surface area contributed by atoms with E-state index < -0.39 is 5.97 Å². The van der Waals surface area contributed by atoms with Gasteiger partial charge in [-0.25, -0.2) is 4.79 Å². The molecule has 7 heteroatoms. The zero-order valence-corrected chi connectivity index (χ0v) is 11.8. The van der Waals surface area contributed by atoms with Gasteiger partial charge in [0.25, 0.3) is 0 Å². The van der Waals surface area contributed by atoms with Gasteiger partial charge in [-0.3, -0.25) is 0 Å². The van der Waals surface area contributed by atoms with Crippen molar-refractivity contribution in [1.29, 1.82) is 0 Å². The molecule has 0 atom stereocenters. The molecule has 5 nitrogen and oxygen atoms in total. The van der Waals surface area contributed by atoms with Crippen LogP contribution in [-0.2, 0) is 0 Å². The Balaban J connectivity index is 2.21. The minimum Gasteiger partial charge on any atom is -0.476 e.